The van der Waals surface area contributed by atoms with Gasteiger partial charge in [-0.25, -0.2) is 12.7 Å². The molecule has 0 amide bonds. The van der Waals surface area contributed by atoms with Gasteiger partial charge in [0.25, 0.3) is 0 Å². The van der Waals surface area contributed by atoms with Gasteiger partial charge in [0, 0.05) is 18.1 Å². The summed E-state index contributed by atoms with van der Waals surface area (Å²) < 4.78 is 32.2. The minimum absolute atomic E-state index is 0.191. The molecule has 0 N–H and O–H groups in total. The molecule has 0 radical (unpaired) electrons. The average Bonchev–Trinajstić information content (AvgIpc) is 2.38. The molecule has 1 rings (SSSR count). The van der Waals surface area contributed by atoms with Crippen LogP contribution in [-0.2, 0) is 10.0 Å². The SMILES string of the molecule is COc1ccc(Br)cc1S(=O)(=O)N(C)CCCSC. The Morgan fingerprint density at radius 3 is 2.68 bits per heavy atom. The molecule has 0 bridgehead atoms. The summed E-state index contributed by atoms with van der Waals surface area (Å²) in [6.45, 7) is 0.499. The van der Waals surface area contributed by atoms with E-state index in [0.29, 0.717) is 16.8 Å². The summed E-state index contributed by atoms with van der Waals surface area (Å²) in [7, 11) is -0.454. The standard InChI is InChI=1S/C12H18BrNO3S2/c1-14(7-4-8-18-3)19(15,16)12-9-10(13)5-6-11(12)17-2/h5-6,9H,4,7-8H2,1-3H3. The molecular weight excluding hydrogens is 350 g/mol. The first kappa shape index (κ1) is 16.8. The quantitative estimate of drug-likeness (QED) is 0.695. The van der Waals surface area contributed by atoms with E-state index >= 15 is 0 Å². The molecule has 4 nitrogen and oxygen atoms in total. The summed E-state index contributed by atoms with van der Waals surface area (Å²) in [4.78, 5) is 0.191. The number of hydrogen-bond donors (Lipinski definition) is 0. The normalized spacial score (nSPS) is 11.8. The highest BCUT2D eigenvalue weighted by atomic mass is 79.9. The Hall–Kier alpha value is -0.240. The first-order valence-corrected chi connectivity index (χ1v) is 9.35. The van der Waals surface area contributed by atoms with Crippen LogP contribution in [0.4, 0.5) is 0 Å². The summed E-state index contributed by atoms with van der Waals surface area (Å²) in [5.74, 6) is 1.30. The lowest BCUT2D eigenvalue weighted by Gasteiger charge is -2.18. The number of halogens is 1. The second-order valence-electron chi connectivity index (χ2n) is 3.97. The molecule has 0 saturated carbocycles. The maximum atomic E-state index is 12.5. The zero-order valence-corrected chi connectivity index (χ0v) is 14.4. The van der Waals surface area contributed by atoms with Crippen LogP contribution in [0.3, 0.4) is 0 Å². The number of thioether (sulfide) groups is 1. The van der Waals surface area contributed by atoms with Gasteiger partial charge < -0.3 is 4.74 Å². The fraction of sp³-hybridized carbons (Fsp3) is 0.500. The number of hydrogen-bond acceptors (Lipinski definition) is 4. The Balaban J connectivity index is 3.02. The predicted octanol–water partition coefficient (Wildman–Crippen LogP) is 2.83. The van der Waals surface area contributed by atoms with Crippen LogP contribution in [0, 0.1) is 0 Å². The van der Waals surface area contributed by atoms with Gasteiger partial charge in [0.1, 0.15) is 10.6 Å². The van der Waals surface area contributed by atoms with Crippen molar-refractivity contribution in [2.45, 2.75) is 11.3 Å². The number of sulfonamides is 1. The maximum absolute atomic E-state index is 12.5. The first-order valence-electron chi connectivity index (χ1n) is 5.72. The molecule has 0 aliphatic heterocycles. The van der Waals surface area contributed by atoms with Crippen molar-refractivity contribution in [3.8, 4) is 5.75 Å². The molecule has 108 valence electrons. The fourth-order valence-corrected chi connectivity index (χ4v) is 3.89. The van der Waals surface area contributed by atoms with Crippen LogP contribution < -0.4 is 4.74 Å². The zero-order chi connectivity index (χ0) is 14.5. The van der Waals surface area contributed by atoms with Gasteiger partial charge in [-0.1, -0.05) is 15.9 Å². The predicted molar refractivity (Wildman–Crippen MR) is 83.5 cm³/mol. The van der Waals surface area contributed by atoms with Crippen molar-refractivity contribution >= 4 is 37.7 Å². The largest absolute Gasteiger partial charge is 0.495 e. The third kappa shape index (κ3) is 4.37. The summed E-state index contributed by atoms with van der Waals surface area (Å²) >= 11 is 5.00. The molecule has 0 spiro atoms. The highest BCUT2D eigenvalue weighted by Crippen LogP contribution is 2.29. The van der Waals surface area contributed by atoms with E-state index in [1.54, 1.807) is 37.0 Å². The second-order valence-corrected chi connectivity index (χ2v) is 7.88. The molecule has 0 heterocycles. The Morgan fingerprint density at radius 2 is 2.11 bits per heavy atom. The topological polar surface area (TPSA) is 46.6 Å². The number of rotatable bonds is 7. The van der Waals surface area contributed by atoms with Crippen LogP contribution >= 0.6 is 27.7 Å². The van der Waals surface area contributed by atoms with Gasteiger partial charge in [-0.2, -0.15) is 11.8 Å². The maximum Gasteiger partial charge on any atom is 0.246 e. The molecule has 0 aliphatic carbocycles. The van der Waals surface area contributed by atoms with E-state index in [9.17, 15) is 8.42 Å². The van der Waals surface area contributed by atoms with E-state index in [-0.39, 0.29) is 4.90 Å². The van der Waals surface area contributed by atoms with Gasteiger partial charge >= 0.3 is 0 Å². The lowest BCUT2D eigenvalue weighted by atomic mass is 10.3. The van der Waals surface area contributed by atoms with Gasteiger partial charge in [0.05, 0.1) is 7.11 Å². The number of benzene rings is 1. The lowest BCUT2D eigenvalue weighted by Crippen LogP contribution is -2.28. The van der Waals surface area contributed by atoms with E-state index in [1.807, 2.05) is 6.26 Å². The molecule has 0 unspecified atom stereocenters. The van der Waals surface area contributed by atoms with E-state index in [1.165, 1.54) is 11.4 Å². The second kappa shape index (κ2) is 7.52. The minimum atomic E-state index is -3.52. The Morgan fingerprint density at radius 1 is 1.42 bits per heavy atom. The van der Waals surface area contributed by atoms with Crippen molar-refractivity contribution < 1.29 is 13.2 Å². The number of ether oxygens (including phenoxy) is 1. The van der Waals surface area contributed by atoms with E-state index in [4.69, 9.17) is 4.74 Å². The van der Waals surface area contributed by atoms with Crippen molar-refractivity contribution in [3.63, 3.8) is 0 Å². The van der Waals surface area contributed by atoms with Crippen LogP contribution in [0.15, 0.2) is 27.6 Å². The van der Waals surface area contributed by atoms with Gasteiger partial charge in [-0.05, 0) is 36.6 Å². The van der Waals surface area contributed by atoms with E-state index in [0.717, 1.165) is 12.2 Å². The lowest BCUT2D eigenvalue weighted by molar-refractivity contribution is 0.398. The smallest absolute Gasteiger partial charge is 0.246 e. The van der Waals surface area contributed by atoms with Crippen LogP contribution in [0.2, 0.25) is 0 Å². The van der Waals surface area contributed by atoms with Gasteiger partial charge in [0.2, 0.25) is 10.0 Å². The molecule has 1 aromatic rings. The number of nitrogens with zero attached hydrogens (tertiary/aromatic N) is 1. The Bertz CT molecular complexity index is 520. The molecular formula is C12H18BrNO3S2. The molecule has 19 heavy (non-hydrogen) atoms. The summed E-state index contributed by atoms with van der Waals surface area (Å²) in [6, 6.07) is 4.97. The molecule has 0 aliphatic rings. The van der Waals surface area contributed by atoms with Gasteiger partial charge in [0.15, 0.2) is 0 Å². The third-order valence-electron chi connectivity index (χ3n) is 2.64. The molecule has 7 heteroatoms. The van der Waals surface area contributed by atoms with Crippen LogP contribution in [0.5, 0.6) is 5.75 Å². The zero-order valence-electron chi connectivity index (χ0n) is 11.2. The third-order valence-corrected chi connectivity index (χ3v) is 5.70. The molecule has 0 atom stereocenters. The van der Waals surface area contributed by atoms with E-state index < -0.39 is 10.0 Å². The van der Waals surface area contributed by atoms with Crippen molar-refractivity contribution in [3.05, 3.63) is 22.7 Å². The summed E-state index contributed by atoms with van der Waals surface area (Å²) in [6.07, 6.45) is 2.83. The van der Waals surface area contributed by atoms with Crippen molar-refractivity contribution in [2.24, 2.45) is 0 Å². The Labute approximate surface area is 127 Å². The van der Waals surface area contributed by atoms with Crippen molar-refractivity contribution in [1.29, 1.82) is 0 Å². The van der Waals surface area contributed by atoms with Crippen molar-refractivity contribution in [2.75, 3.05) is 32.7 Å². The summed E-state index contributed by atoms with van der Waals surface area (Å²) in [5, 5.41) is 0. The molecule has 0 fully saturated rings. The first-order chi connectivity index (χ1) is 8.93. The molecule has 0 aromatic heterocycles. The number of methoxy groups -OCH3 is 1. The van der Waals surface area contributed by atoms with Crippen molar-refractivity contribution in [1.82, 2.24) is 4.31 Å². The van der Waals surface area contributed by atoms with Gasteiger partial charge in [-0.15, -0.1) is 0 Å². The van der Waals surface area contributed by atoms with Gasteiger partial charge in [-0.3, -0.25) is 0 Å². The Kier molecular flexibility index (Phi) is 6.65. The minimum Gasteiger partial charge on any atom is -0.495 e. The van der Waals surface area contributed by atoms with Crippen LogP contribution in [-0.4, -0.2) is 45.4 Å². The average molecular weight is 368 g/mol. The highest BCUT2D eigenvalue weighted by molar-refractivity contribution is 9.10. The molecule has 1 aromatic carbocycles. The molecule has 0 saturated heterocycles. The fourth-order valence-electron chi connectivity index (χ4n) is 1.57. The highest BCUT2D eigenvalue weighted by Gasteiger charge is 2.24. The van der Waals surface area contributed by atoms with Crippen LogP contribution in [0.1, 0.15) is 6.42 Å². The monoisotopic (exact) mass is 367 g/mol. The van der Waals surface area contributed by atoms with E-state index in [2.05, 4.69) is 15.9 Å². The summed E-state index contributed by atoms with van der Waals surface area (Å²) in [5.41, 5.74) is 0. The van der Waals surface area contributed by atoms with Crippen LogP contribution in [0.25, 0.3) is 0 Å².